The first-order valence-electron chi connectivity index (χ1n) is 6.76. The molecule has 1 aromatic heterocycles. The predicted molar refractivity (Wildman–Crippen MR) is 89.5 cm³/mol. The van der Waals surface area contributed by atoms with Gasteiger partial charge < -0.3 is 9.73 Å². The average Bonchev–Trinajstić information content (AvgIpc) is 2.91. The summed E-state index contributed by atoms with van der Waals surface area (Å²) in [5.41, 5.74) is 2.20. The van der Waals surface area contributed by atoms with Gasteiger partial charge >= 0.3 is 0 Å². The number of fused-ring (bicyclic) bond motifs is 1. The minimum Gasteiger partial charge on any atom is -0.431 e. The number of aryl methyl sites for hydroxylation is 1. The van der Waals surface area contributed by atoms with Crippen molar-refractivity contribution in [1.29, 1.82) is 0 Å². The Morgan fingerprint density at radius 1 is 1.35 bits per heavy atom. The van der Waals surface area contributed by atoms with Crippen LogP contribution in [0.1, 0.15) is 5.56 Å². The standard InChI is InChI=1S/C16H12ClFN2O2S/c1-9-2-4-11(7-12(9)18)19-15(21)8-23-16-20-13-5-3-10(17)6-14(13)22-16/h2-7H,8H2,1H3,(H,19,21). The predicted octanol–water partition coefficient (Wildman–Crippen LogP) is 4.66. The fourth-order valence-electron chi connectivity index (χ4n) is 1.93. The van der Waals surface area contributed by atoms with Gasteiger partial charge in [0.15, 0.2) is 5.58 Å². The summed E-state index contributed by atoms with van der Waals surface area (Å²) in [6, 6.07) is 9.70. The highest BCUT2D eigenvalue weighted by molar-refractivity contribution is 7.99. The van der Waals surface area contributed by atoms with Crippen molar-refractivity contribution in [3.8, 4) is 0 Å². The number of nitrogens with zero attached hydrogens (tertiary/aromatic N) is 1. The molecule has 3 rings (SSSR count). The number of hydrogen-bond donors (Lipinski definition) is 1. The second-order valence-corrected chi connectivity index (χ2v) is 6.26. The van der Waals surface area contributed by atoms with E-state index >= 15 is 0 Å². The number of amides is 1. The first-order chi connectivity index (χ1) is 11.0. The lowest BCUT2D eigenvalue weighted by Gasteiger charge is -2.05. The summed E-state index contributed by atoms with van der Waals surface area (Å²) >= 11 is 7.04. The molecule has 0 saturated heterocycles. The number of aromatic nitrogens is 1. The van der Waals surface area contributed by atoms with Gasteiger partial charge in [-0.3, -0.25) is 4.79 Å². The SMILES string of the molecule is Cc1ccc(NC(=O)CSc2nc3ccc(Cl)cc3o2)cc1F. The minimum atomic E-state index is -0.355. The highest BCUT2D eigenvalue weighted by Gasteiger charge is 2.10. The van der Waals surface area contributed by atoms with Crippen LogP contribution in [0.5, 0.6) is 0 Å². The third-order valence-electron chi connectivity index (χ3n) is 3.11. The lowest BCUT2D eigenvalue weighted by atomic mass is 10.2. The van der Waals surface area contributed by atoms with Crippen LogP contribution in [-0.4, -0.2) is 16.6 Å². The third kappa shape index (κ3) is 3.83. The minimum absolute atomic E-state index is 0.107. The van der Waals surface area contributed by atoms with E-state index in [9.17, 15) is 9.18 Å². The zero-order valence-electron chi connectivity index (χ0n) is 12.1. The van der Waals surface area contributed by atoms with E-state index in [1.54, 1.807) is 37.3 Å². The molecule has 2 aromatic carbocycles. The van der Waals surface area contributed by atoms with Crippen molar-refractivity contribution in [3.63, 3.8) is 0 Å². The van der Waals surface area contributed by atoms with Gasteiger partial charge in [-0.15, -0.1) is 0 Å². The molecule has 1 amide bonds. The normalized spacial score (nSPS) is 10.9. The number of nitrogens with one attached hydrogen (secondary N) is 1. The molecule has 0 aliphatic heterocycles. The Labute approximate surface area is 141 Å². The van der Waals surface area contributed by atoms with Crippen molar-refractivity contribution in [1.82, 2.24) is 4.98 Å². The van der Waals surface area contributed by atoms with Gasteiger partial charge in [-0.1, -0.05) is 29.4 Å². The maximum atomic E-state index is 13.4. The van der Waals surface area contributed by atoms with Crippen LogP contribution in [0.3, 0.4) is 0 Å². The Balaban J connectivity index is 1.62. The van der Waals surface area contributed by atoms with Crippen molar-refractivity contribution < 1.29 is 13.6 Å². The fraction of sp³-hybridized carbons (Fsp3) is 0.125. The van der Waals surface area contributed by atoms with Crippen molar-refractivity contribution >= 4 is 46.1 Å². The highest BCUT2D eigenvalue weighted by Crippen LogP contribution is 2.25. The summed E-state index contributed by atoms with van der Waals surface area (Å²) in [4.78, 5) is 16.2. The molecule has 0 radical (unpaired) electrons. The van der Waals surface area contributed by atoms with Crippen LogP contribution in [0.4, 0.5) is 10.1 Å². The second kappa shape index (κ2) is 6.60. The number of oxazole rings is 1. The number of thioether (sulfide) groups is 1. The molecule has 23 heavy (non-hydrogen) atoms. The highest BCUT2D eigenvalue weighted by atomic mass is 35.5. The molecule has 1 N–H and O–H groups in total. The van der Waals surface area contributed by atoms with Crippen molar-refractivity contribution in [2.24, 2.45) is 0 Å². The monoisotopic (exact) mass is 350 g/mol. The van der Waals surface area contributed by atoms with Crippen molar-refractivity contribution in [3.05, 3.63) is 52.8 Å². The lowest BCUT2D eigenvalue weighted by Crippen LogP contribution is -2.14. The molecule has 0 atom stereocenters. The molecule has 0 spiro atoms. The molecule has 0 bridgehead atoms. The maximum absolute atomic E-state index is 13.4. The molecule has 3 aromatic rings. The van der Waals surface area contributed by atoms with E-state index in [0.717, 1.165) is 11.8 Å². The molecular formula is C16H12ClFN2O2S. The Hall–Kier alpha value is -2.05. The van der Waals surface area contributed by atoms with Gasteiger partial charge in [-0.25, -0.2) is 9.37 Å². The van der Waals surface area contributed by atoms with Gasteiger partial charge in [0, 0.05) is 16.8 Å². The van der Waals surface area contributed by atoms with Gasteiger partial charge in [0.25, 0.3) is 5.22 Å². The van der Waals surface area contributed by atoms with E-state index in [-0.39, 0.29) is 17.5 Å². The summed E-state index contributed by atoms with van der Waals surface area (Å²) < 4.78 is 19.0. The third-order valence-corrected chi connectivity index (χ3v) is 4.18. The Kier molecular flexibility index (Phi) is 4.54. The van der Waals surface area contributed by atoms with Crippen molar-refractivity contribution in [2.75, 3.05) is 11.1 Å². The number of benzene rings is 2. The summed E-state index contributed by atoms with van der Waals surface area (Å²) in [6.07, 6.45) is 0. The Morgan fingerprint density at radius 3 is 2.96 bits per heavy atom. The van der Waals surface area contributed by atoms with Gasteiger partial charge in [0.2, 0.25) is 5.91 Å². The van der Waals surface area contributed by atoms with Crippen LogP contribution in [0, 0.1) is 12.7 Å². The molecule has 7 heteroatoms. The molecule has 0 fully saturated rings. The molecule has 0 aliphatic rings. The van der Waals surface area contributed by atoms with Gasteiger partial charge in [-0.2, -0.15) is 0 Å². The quantitative estimate of drug-likeness (QED) is 0.695. The summed E-state index contributed by atoms with van der Waals surface area (Å²) in [5, 5.41) is 3.57. The molecule has 0 aliphatic carbocycles. The van der Waals surface area contributed by atoms with Crippen LogP contribution >= 0.6 is 23.4 Å². The smallest absolute Gasteiger partial charge is 0.257 e. The van der Waals surface area contributed by atoms with E-state index in [0.29, 0.717) is 32.6 Å². The van der Waals surface area contributed by atoms with Crippen LogP contribution in [0.15, 0.2) is 46.0 Å². The van der Waals surface area contributed by atoms with Crippen LogP contribution in [-0.2, 0) is 4.79 Å². The van der Waals surface area contributed by atoms with Crippen LogP contribution in [0.2, 0.25) is 5.02 Å². The summed E-state index contributed by atoms with van der Waals surface area (Å²) in [6.45, 7) is 1.66. The van der Waals surface area contributed by atoms with E-state index in [4.69, 9.17) is 16.0 Å². The number of halogens is 2. The Morgan fingerprint density at radius 2 is 2.17 bits per heavy atom. The fourth-order valence-corrected chi connectivity index (χ4v) is 2.73. The first kappa shape index (κ1) is 15.8. The molecular weight excluding hydrogens is 339 g/mol. The largest absolute Gasteiger partial charge is 0.431 e. The first-order valence-corrected chi connectivity index (χ1v) is 8.12. The number of rotatable bonds is 4. The Bertz CT molecular complexity index is 882. The molecule has 118 valence electrons. The van der Waals surface area contributed by atoms with Gasteiger partial charge in [0.1, 0.15) is 11.3 Å². The number of anilines is 1. The number of carbonyl (C=O) groups is 1. The summed E-state index contributed by atoms with van der Waals surface area (Å²) in [7, 11) is 0. The van der Waals surface area contributed by atoms with Gasteiger partial charge in [0.05, 0.1) is 5.75 Å². The molecule has 4 nitrogen and oxygen atoms in total. The molecule has 0 unspecified atom stereocenters. The second-order valence-electron chi connectivity index (χ2n) is 4.89. The van der Waals surface area contributed by atoms with E-state index < -0.39 is 0 Å². The zero-order valence-corrected chi connectivity index (χ0v) is 13.7. The molecule has 1 heterocycles. The summed E-state index contributed by atoms with van der Waals surface area (Å²) in [5.74, 6) is -0.513. The maximum Gasteiger partial charge on any atom is 0.257 e. The lowest BCUT2D eigenvalue weighted by molar-refractivity contribution is -0.113. The van der Waals surface area contributed by atoms with E-state index in [2.05, 4.69) is 10.3 Å². The van der Waals surface area contributed by atoms with Crippen LogP contribution in [0.25, 0.3) is 11.1 Å². The van der Waals surface area contributed by atoms with Gasteiger partial charge in [-0.05, 0) is 36.8 Å². The number of carbonyl (C=O) groups excluding carboxylic acids is 1. The van der Waals surface area contributed by atoms with E-state index in [1.165, 1.54) is 6.07 Å². The van der Waals surface area contributed by atoms with E-state index in [1.807, 2.05) is 0 Å². The topological polar surface area (TPSA) is 55.1 Å². The molecule has 0 saturated carbocycles. The number of hydrogen-bond acceptors (Lipinski definition) is 4. The van der Waals surface area contributed by atoms with Crippen LogP contribution < -0.4 is 5.32 Å². The average molecular weight is 351 g/mol. The zero-order chi connectivity index (χ0) is 16.4. The van der Waals surface area contributed by atoms with Crippen molar-refractivity contribution in [2.45, 2.75) is 12.1 Å².